The van der Waals surface area contributed by atoms with Crippen LogP contribution in [0.1, 0.15) is 66.9 Å². The van der Waals surface area contributed by atoms with Gasteiger partial charge in [-0.15, -0.1) is 0 Å². The molecule has 0 saturated carbocycles. The highest BCUT2D eigenvalue weighted by Crippen LogP contribution is 2.44. The Morgan fingerprint density at radius 3 is 1.43 bits per heavy atom. The first-order chi connectivity index (χ1) is 31.7. The first kappa shape index (κ1) is 51.3. The Labute approximate surface area is 384 Å². The van der Waals surface area contributed by atoms with E-state index in [2.05, 4.69) is 5.32 Å². The topological polar surface area (TPSA) is 297 Å². The largest absolute Gasteiger partial charge is 0.480 e. The smallest absolute Gasteiger partial charge is 0.407 e. The fourth-order valence-corrected chi connectivity index (χ4v) is 7.75. The monoisotopic (exact) mass is 947 g/mol. The predicted molar refractivity (Wildman–Crippen MR) is 221 cm³/mol. The van der Waals surface area contributed by atoms with Crippen LogP contribution in [-0.4, -0.2) is 153 Å². The summed E-state index contributed by atoms with van der Waals surface area (Å²) in [6.07, 6.45) is -18.6. The number of amides is 1. The molecule has 0 bridgehead atoms. The Morgan fingerprint density at radius 2 is 0.955 bits per heavy atom. The molecule has 2 heterocycles. The van der Waals surface area contributed by atoms with E-state index < -0.39 is 141 Å². The van der Waals surface area contributed by atoms with Crippen molar-refractivity contribution < 1.29 is 107 Å². The van der Waals surface area contributed by atoms with Crippen LogP contribution < -0.4 is 5.32 Å². The number of nitrogens with one attached hydrogen (secondary N) is 1. The molecule has 3 aliphatic rings. The lowest BCUT2D eigenvalue weighted by Gasteiger charge is -2.48. The molecule has 2 aliphatic heterocycles. The Balaban J connectivity index is 0.0000101. The van der Waals surface area contributed by atoms with Crippen molar-refractivity contribution in [3.8, 4) is 11.1 Å². The molecule has 67 heavy (non-hydrogen) atoms. The normalized spacial score (nSPS) is 25.7. The molecule has 1 amide bonds. The molecule has 0 aromatic heterocycles. The van der Waals surface area contributed by atoms with E-state index >= 15 is 0 Å². The van der Waals surface area contributed by atoms with Crippen LogP contribution in [0.25, 0.3) is 11.1 Å². The third-order valence-electron chi connectivity index (χ3n) is 10.2. The summed E-state index contributed by atoms with van der Waals surface area (Å²) in [7, 11) is 0. The van der Waals surface area contributed by atoms with E-state index in [-0.39, 0.29) is 14.0 Å². The number of hydrogen-bond acceptors (Lipinski definition) is 21. The Morgan fingerprint density at radius 1 is 0.537 bits per heavy atom. The van der Waals surface area contributed by atoms with Crippen molar-refractivity contribution in [3.05, 3.63) is 59.7 Å². The average molecular weight is 948 g/mol. The third-order valence-corrected chi connectivity index (χ3v) is 10.2. The van der Waals surface area contributed by atoms with Gasteiger partial charge in [0.25, 0.3) is 0 Å². The van der Waals surface area contributed by atoms with Crippen molar-refractivity contribution in [2.24, 2.45) is 0 Å². The second kappa shape index (κ2) is 23.2. The van der Waals surface area contributed by atoms with Gasteiger partial charge in [0.05, 0.1) is 6.61 Å². The van der Waals surface area contributed by atoms with Crippen molar-refractivity contribution >= 4 is 53.8 Å². The quantitative estimate of drug-likeness (QED) is 0.159. The van der Waals surface area contributed by atoms with Crippen LogP contribution >= 0.6 is 0 Å². The number of ether oxygens (including phenoxy) is 12. The van der Waals surface area contributed by atoms with Crippen molar-refractivity contribution in [1.29, 1.82) is 0 Å². The molecule has 2 fully saturated rings. The van der Waals surface area contributed by atoms with Crippen molar-refractivity contribution in [3.63, 3.8) is 0 Å². The molecular formula is C44H53NO22. The summed E-state index contributed by atoms with van der Waals surface area (Å²) < 4.78 is 67.7. The Hall–Kier alpha value is -6.69. The number of aliphatic carboxylic acids is 1. The number of carboxylic acid groups (broad SMARTS) is 1. The zero-order valence-corrected chi connectivity index (χ0v) is 37.4. The summed E-state index contributed by atoms with van der Waals surface area (Å²) in [4.78, 5) is 112. The zero-order valence-electron chi connectivity index (χ0n) is 37.4. The van der Waals surface area contributed by atoms with E-state index in [4.69, 9.17) is 56.8 Å². The van der Waals surface area contributed by atoms with E-state index in [1.54, 1.807) is 0 Å². The molecule has 23 heteroatoms. The lowest BCUT2D eigenvalue weighted by Crippen LogP contribution is -2.67. The van der Waals surface area contributed by atoms with Gasteiger partial charge in [0, 0.05) is 55.8 Å². The van der Waals surface area contributed by atoms with Gasteiger partial charge in [-0.05, 0) is 22.3 Å². The summed E-state index contributed by atoms with van der Waals surface area (Å²) in [6, 6.07) is 13.3. The molecule has 2 N–H and O–H groups in total. The van der Waals surface area contributed by atoms with Gasteiger partial charge in [-0.3, -0.25) is 33.6 Å². The van der Waals surface area contributed by atoms with Gasteiger partial charge in [-0.25, -0.2) is 9.59 Å². The number of carbonyl (C=O) groups is 9. The summed E-state index contributed by atoms with van der Waals surface area (Å²) in [5, 5.41) is 12.4. The van der Waals surface area contributed by atoms with E-state index in [9.17, 15) is 48.3 Å². The van der Waals surface area contributed by atoms with Crippen LogP contribution in [0.4, 0.5) is 4.79 Å². The SMILES string of the molecule is CC(=O)OCC1OC(OC2C(COC(C)=O)OC(OCC(NC(=O)OCC3c4ccccc4-c4ccccc43)C(=O)O)C(OC(C)=O)C2OC(C)=O)C(OC(C)=O)C(OC(C)=O)C1OC(C)=O.[HH]. The molecule has 1 aliphatic carbocycles. The molecular weight excluding hydrogens is 894 g/mol. The summed E-state index contributed by atoms with van der Waals surface area (Å²) in [6.45, 7) is 4.63. The predicted octanol–water partition coefficient (Wildman–Crippen LogP) is 1.86. The fraction of sp³-hybridized carbons (Fsp3) is 0.523. The molecule has 0 radical (unpaired) electrons. The molecule has 2 saturated heterocycles. The number of rotatable bonds is 18. The maximum atomic E-state index is 13.2. The molecule has 11 unspecified atom stereocenters. The first-order valence-corrected chi connectivity index (χ1v) is 20.8. The van der Waals surface area contributed by atoms with Crippen molar-refractivity contribution in [2.45, 2.75) is 122 Å². The van der Waals surface area contributed by atoms with Crippen LogP contribution in [-0.2, 0) is 95.2 Å². The molecule has 23 nitrogen and oxygen atoms in total. The van der Waals surface area contributed by atoms with E-state index in [1.807, 2.05) is 48.5 Å². The maximum Gasteiger partial charge on any atom is 0.407 e. The zero-order chi connectivity index (χ0) is 49.1. The maximum absolute atomic E-state index is 13.2. The van der Waals surface area contributed by atoms with Gasteiger partial charge in [-0.2, -0.15) is 0 Å². The molecule has 0 spiro atoms. The highest BCUT2D eigenvalue weighted by atomic mass is 16.8. The second-order valence-corrected chi connectivity index (χ2v) is 15.4. The first-order valence-electron chi connectivity index (χ1n) is 20.8. The lowest BCUT2D eigenvalue weighted by atomic mass is 9.96. The highest BCUT2D eigenvalue weighted by molar-refractivity contribution is 5.81. The number of carbonyl (C=O) groups excluding carboxylic acids is 8. The number of esters is 7. The Kier molecular flexibility index (Phi) is 17.7. The lowest BCUT2D eigenvalue weighted by molar-refractivity contribution is -0.361. The number of fused-ring (bicyclic) bond motifs is 3. The molecule has 366 valence electrons. The average Bonchev–Trinajstić information content (AvgIpc) is 3.56. The molecule has 5 rings (SSSR count). The van der Waals surface area contributed by atoms with Gasteiger partial charge >= 0.3 is 53.8 Å². The van der Waals surface area contributed by atoms with Gasteiger partial charge in [0.1, 0.15) is 38.1 Å². The summed E-state index contributed by atoms with van der Waals surface area (Å²) in [5.74, 6) is -8.47. The van der Waals surface area contributed by atoms with Gasteiger partial charge in [0.15, 0.2) is 49.1 Å². The minimum atomic E-state index is -1.93. The number of carboxylic acids is 1. The minimum absolute atomic E-state index is 0. The highest BCUT2D eigenvalue weighted by Gasteiger charge is 2.58. The van der Waals surface area contributed by atoms with Crippen LogP contribution in [0.2, 0.25) is 0 Å². The summed E-state index contributed by atoms with van der Waals surface area (Å²) >= 11 is 0. The van der Waals surface area contributed by atoms with E-state index in [0.29, 0.717) is 0 Å². The molecule has 2 aromatic rings. The van der Waals surface area contributed by atoms with Crippen LogP contribution in [0.5, 0.6) is 0 Å². The second-order valence-electron chi connectivity index (χ2n) is 15.4. The Bertz CT molecular complexity index is 2140. The number of hydrogen-bond donors (Lipinski definition) is 2. The van der Waals surface area contributed by atoms with Crippen LogP contribution in [0.3, 0.4) is 0 Å². The van der Waals surface area contributed by atoms with Gasteiger partial charge in [-0.1, -0.05) is 48.5 Å². The standard InChI is InChI=1S/C44H51NO22.H2/c1-20(46)56-18-33-35(60-22(3)48)37(61-23(4)49)40(64-26(7)52)43(66-33)67-36-34(19-57-21(2)47)65-42(39(63-25(6)51)38(36)62-24(5)50)58-17-32(41(53)54)45-44(55)59-16-31-29-14-10-8-12-27(29)28-13-9-11-15-30(28)31;/h8-15,31-40,42-43H,16-19H2,1-7H3,(H,45,55)(H,53,54);1H. The number of benzene rings is 2. The van der Waals surface area contributed by atoms with Gasteiger partial charge in [0.2, 0.25) is 0 Å². The van der Waals surface area contributed by atoms with Crippen molar-refractivity contribution in [2.75, 3.05) is 26.4 Å². The molecule has 11 atom stereocenters. The van der Waals surface area contributed by atoms with Crippen LogP contribution in [0, 0.1) is 0 Å². The van der Waals surface area contributed by atoms with Crippen molar-refractivity contribution in [1.82, 2.24) is 5.32 Å². The van der Waals surface area contributed by atoms with E-state index in [0.717, 1.165) is 70.7 Å². The third kappa shape index (κ3) is 13.7. The summed E-state index contributed by atoms with van der Waals surface area (Å²) in [5.41, 5.74) is 3.73. The minimum Gasteiger partial charge on any atom is -0.480 e. The van der Waals surface area contributed by atoms with Crippen LogP contribution in [0.15, 0.2) is 48.5 Å². The fourth-order valence-electron chi connectivity index (χ4n) is 7.75. The van der Waals surface area contributed by atoms with E-state index in [1.165, 1.54) is 0 Å². The molecule has 2 aromatic carbocycles. The van der Waals surface area contributed by atoms with Gasteiger partial charge < -0.3 is 67.3 Å². The number of alkyl carbamates (subject to hydrolysis) is 1.